The Balaban J connectivity index is 1.79. The molecule has 2 aromatic carbocycles. The van der Waals surface area contributed by atoms with Gasteiger partial charge in [0.1, 0.15) is 5.82 Å². The van der Waals surface area contributed by atoms with Crippen molar-refractivity contribution in [2.24, 2.45) is 5.41 Å². The van der Waals surface area contributed by atoms with Gasteiger partial charge in [-0.2, -0.15) is 0 Å². The molecule has 0 radical (unpaired) electrons. The van der Waals surface area contributed by atoms with E-state index in [1.54, 1.807) is 12.1 Å². The van der Waals surface area contributed by atoms with Crippen LogP contribution in [-0.4, -0.2) is 30.1 Å². The molecule has 0 aromatic heterocycles. The van der Waals surface area contributed by atoms with Crippen LogP contribution in [0.1, 0.15) is 70.4 Å². The Morgan fingerprint density at radius 2 is 1.63 bits per heavy atom. The van der Waals surface area contributed by atoms with Crippen molar-refractivity contribution in [1.29, 1.82) is 0 Å². The standard InChI is InChI=1S/C27H39FN2/c1-5-15-27(16-18-30(19-17-27)21-22-9-7-6-8-10-22)25(20-29-26(2,3)4)23-11-13-24(28)14-12-23/h6-14,25,29H,5,15-21H2,1-4H3. The van der Waals surface area contributed by atoms with Crippen molar-refractivity contribution < 1.29 is 4.39 Å². The summed E-state index contributed by atoms with van der Waals surface area (Å²) in [6.45, 7) is 13.2. The molecule has 2 nitrogen and oxygen atoms in total. The lowest BCUT2D eigenvalue weighted by Gasteiger charge is -2.48. The highest BCUT2D eigenvalue weighted by Crippen LogP contribution is 2.48. The Morgan fingerprint density at radius 1 is 1.00 bits per heavy atom. The van der Waals surface area contributed by atoms with E-state index in [9.17, 15) is 4.39 Å². The minimum absolute atomic E-state index is 0.0691. The van der Waals surface area contributed by atoms with Crippen LogP contribution >= 0.6 is 0 Å². The Morgan fingerprint density at radius 3 is 2.20 bits per heavy atom. The molecule has 30 heavy (non-hydrogen) atoms. The van der Waals surface area contributed by atoms with Crippen LogP contribution in [0.4, 0.5) is 4.39 Å². The number of piperidine rings is 1. The molecule has 164 valence electrons. The highest BCUT2D eigenvalue weighted by Gasteiger charge is 2.41. The van der Waals surface area contributed by atoms with E-state index in [1.807, 2.05) is 12.1 Å². The van der Waals surface area contributed by atoms with Gasteiger partial charge in [0.15, 0.2) is 0 Å². The van der Waals surface area contributed by atoms with E-state index in [-0.39, 0.29) is 16.8 Å². The van der Waals surface area contributed by atoms with Crippen LogP contribution in [0.2, 0.25) is 0 Å². The van der Waals surface area contributed by atoms with Gasteiger partial charge in [-0.1, -0.05) is 55.8 Å². The molecule has 1 fully saturated rings. The predicted octanol–water partition coefficient (Wildman–Crippen LogP) is 6.38. The van der Waals surface area contributed by atoms with Crippen LogP contribution < -0.4 is 5.32 Å². The molecule has 1 heterocycles. The lowest BCUT2D eigenvalue weighted by molar-refractivity contribution is 0.0616. The van der Waals surface area contributed by atoms with Gasteiger partial charge in [0.2, 0.25) is 0 Å². The normalized spacial score (nSPS) is 18.3. The summed E-state index contributed by atoms with van der Waals surface area (Å²) in [5.74, 6) is 0.250. The number of benzene rings is 2. The van der Waals surface area contributed by atoms with Gasteiger partial charge in [-0.3, -0.25) is 4.90 Å². The Kier molecular flexibility index (Phi) is 7.70. The summed E-state index contributed by atoms with van der Waals surface area (Å²) >= 11 is 0. The van der Waals surface area contributed by atoms with Crippen LogP contribution in [0.3, 0.4) is 0 Å². The molecule has 0 saturated carbocycles. The summed E-state index contributed by atoms with van der Waals surface area (Å²) in [5, 5.41) is 3.76. The van der Waals surface area contributed by atoms with Gasteiger partial charge in [-0.25, -0.2) is 4.39 Å². The predicted molar refractivity (Wildman–Crippen MR) is 125 cm³/mol. The zero-order chi connectivity index (χ0) is 21.6. The maximum absolute atomic E-state index is 13.6. The largest absolute Gasteiger partial charge is 0.311 e. The smallest absolute Gasteiger partial charge is 0.123 e. The fraction of sp³-hybridized carbons (Fsp3) is 0.556. The monoisotopic (exact) mass is 410 g/mol. The van der Waals surface area contributed by atoms with Crippen molar-refractivity contribution in [3.63, 3.8) is 0 Å². The number of nitrogens with zero attached hydrogens (tertiary/aromatic N) is 1. The topological polar surface area (TPSA) is 15.3 Å². The molecule has 1 unspecified atom stereocenters. The molecule has 3 rings (SSSR count). The summed E-state index contributed by atoms with van der Waals surface area (Å²) in [4.78, 5) is 2.60. The molecule has 1 aliphatic rings. The minimum Gasteiger partial charge on any atom is -0.311 e. The van der Waals surface area contributed by atoms with Gasteiger partial charge in [-0.15, -0.1) is 0 Å². The van der Waals surface area contributed by atoms with Crippen molar-refractivity contribution in [1.82, 2.24) is 10.2 Å². The third-order valence-corrected chi connectivity index (χ3v) is 6.70. The maximum Gasteiger partial charge on any atom is 0.123 e. The first-order valence-electron chi connectivity index (χ1n) is 11.6. The zero-order valence-corrected chi connectivity index (χ0v) is 19.3. The molecule has 1 aliphatic heterocycles. The number of halogens is 1. The van der Waals surface area contributed by atoms with Crippen molar-refractivity contribution in [3.05, 3.63) is 71.5 Å². The maximum atomic E-state index is 13.6. The molecule has 0 aliphatic carbocycles. The summed E-state index contributed by atoms with van der Waals surface area (Å²) < 4.78 is 13.6. The number of hydrogen-bond donors (Lipinski definition) is 1. The zero-order valence-electron chi connectivity index (χ0n) is 19.3. The van der Waals surface area contributed by atoms with Crippen LogP contribution in [0, 0.1) is 11.2 Å². The second kappa shape index (κ2) is 10.1. The van der Waals surface area contributed by atoms with E-state index in [1.165, 1.54) is 36.8 Å². The second-order valence-electron chi connectivity index (χ2n) is 10.1. The lowest BCUT2D eigenvalue weighted by atomic mass is 9.63. The van der Waals surface area contributed by atoms with Crippen molar-refractivity contribution in [2.75, 3.05) is 19.6 Å². The molecule has 1 atom stereocenters. The molecule has 1 saturated heterocycles. The summed E-state index contributed by atoms with van der Waals surface area (Å²) in [5.41, 5.74) is 3.00. The molecule has 2 aromatic rings. The number of nitrogens with one attached hydrogen (secondary N) is 1. The molecule has 0 bridgehead atoms. The first-order chi connectivity index (χ1) is 14.3. The SMILES string of the molecule is CCCC1(C(CNC(C)(C)C)c2ccc(F)cc2)CCN(Cc2ccccc2)CC1. The van der Waals surface area contributed by atoms with Crippen LogP contribution in [0.15, 0.2) is 54.6 Å². The molecular formula is C27H39FN2. The fourth-order valence-electron chi connectivity index (χ4n) is 5.06. The molecule has 0 spiro atoms. The third kappa shape index (κ3) is 6.15. The van der Waals surface area contributed by atoms with E-state index in [4.69, 9.17) is 0 Å². The molecular weight excluding hydrogens is 371 g/mol. The Labute approximate surface area is 182 Å². The van der Waals surface area contributed by atoms with Gasteiger partial charge in [-0.05, 0) is 81.8 Å². The van der Waals surface area contributed by atoms with Gasteiger partial charge in [0, 0.05) is 24.5 Å². The van der Waals surface area contributed by atoms with Gasteiger partial charge in [0.05, 0.1) is 0 Å². The van der Waals surface area contributed by atoms with Crippen molar-refractivity contribution in [2.45, 2.75) is 71.4 Å². The number of rotatable bonds is 8. The van der Waals surface area contributed by atoms with Crippen LogP contribution in [-0.2, 0) is 6.54 Å². The van der Waals surface area contributed by atoms with E-state index in [0.29, 0.717) is 5.92 Å². The average molecular weight is 411 g/mol. The van der Waals surface area contributed by atoms with Gasteiger partial charge < -0.3 is 5.32 Å². The minimum atomic E-state index is -0.150. The van der Waals surface area contributed by atoms with E-state index in [0.717, 1.165) is 26.2 Å². The lowest BCUT2D eigenvalue weighted by Crippen LogP contribution is -2.47. The van der Waals surface area contributed by atoms with Crippen molar-refractivity contribution in [3.8, 4) is 0 Å². The Bertz CT molecular complexity index is 756. The van der Waals surface area contributed by atoms with E-state index >= 15 is 0 Å². The first kappa shape index (κ1) is 23.0. The molecule has 1 N–H and O–H groups in total. The summed E-state index contributed by atoms with van der Waals surface area (Å²) in [6, 6.07) is 18.1. The number of hydrogen-bond acceptors (Lipinski definition) is 2. The number of likely N-dealkylation sites (tertiary alicyclic amines) is 1. The van der Waals surface area contributed by atoms with Crippen LogP contribution in [0.25, 0.3) is 0 Å². The van der Waals surface area contributed by atoms with Gasteiger partial charge in [0.25, 0.3) is 0 Å². The third-order valence-electron chi connectivity index (χ3n) is 6.70. The van der Waals surface area contributed by atoms with E-state index in [2.05, 4.69) is 68.2 Å². The highest BCUT2D eigenvalue weighted by molar-refractivity contribution is 5.24. The Hall–Kier alpha value is -1.71. The van der Waals surface area contributed by atoms with Crippen LogP contribution in [0.5, 0.6) is 0 Å². The average Bonchev–Trinajstić information content (AvgIpc) is 2.71. The molecule has 3 heteroatoms. The van der Waals surface area contributed by atoms with Crippen molar-refractivity contribution >= 4 is 0 Å². The molecule has 0 amide bonds. The summed E-state index contributed by atoms with van der Waals surface area (Å²) in [6.07, 6.45) is 4.80. The first-order valence-corrected chi connectivity index (χ1v) is 11.6. The van der Waals surface area contributed by atoms with E-state index < -0.39 is 0 Å². The fourth-order valence-corrected chi connectivity index (χ4v) is 5.06. The quantitative estimate of drug-likeness (QED) is 0.543. The van der Waals surface area contributed by atoms with Gasteiger partial charge >= 0.3 is 0 Å². The summed E-state index contributed by atoms with van der Waals surface area (Å²) in [7, 11) is 0. The highest BCUT2D eigenvalue weighted by atomic mass is 19.1. The second-order valence-corrected chi connectivity index (χ2v) is 10.1.